The van der Waals surface area contributed by atoms with Gasteiger partial charge in [0.05, 0.1) is 17.1 Å². The van der Waals surface area contributed by atoms with Gasteiger partial charge in [0.2, 0.25) is 0 Å². The molecule has 2 rings (SSSR count). The second-order valence-electron chi connectivity index (χ2n) is 5.05. The van der Waals surface area contributed by atoms with Crippen molar-refractivity contribution in [2.75, 3.05) is 5.32 Å². The molecule has 0 aromatic heterocycles. The minimum absolute atomic E-state index is 0.0483. The van der Waals surface area contributed by atoms with E-state index in [4.69, 9.17) is 39.5 Å². The maximum absolute atomic E-state index is 12.1. The molecule has 0 heterocycles. The Morgan fingerprint density at radius 1 is 1.04 bits per heavy atom. The molecule has 4 nitrogen and oxygen atoms in total. The molecule has 0 unspecified atom stereocenters. The molecule has 2 aromatic rings. The molecule has 7 heteroatoms. The first-order valence-electron chi connectivity index (χ1n) is 7.05. The molecule has 0 fully saturated rings. The number of ether oxygens (including phenoxy) is 1. The van der Waals surface area contributed by atoms with E-state index in [-0.39, 0.29) is 6.42 Å². The third-order valence-corrected chi connectivity index (χ3v) is 3.94. The first-order valence-corrected chi connectivity index (χ1v) is 8.18. The molecule has 0 saturated heterocycles. The first-order chi connectivity index (χ1) is 11.3. The quantitative estimate of drug-likeness (QED) is 0.754. The van der Waals surface area contributed by atoms with E-state index in [9.17, 15) is 9.59 Å². The third kappa shape index (κ3) is 5.41. The number of carbonyl (C=O) groups excluding carboxylic acids is 2. The average Bonchev–Trinajstić information content (AvgIpc) is 2.53. The van der Waals surface area contributed by atoms with Crippen LogP contribution in [0.1, 0.15) is 12.5 Å². The maximum atomic E-state index is 12.1. The van der Waals surface area contributed by atoms with Gasteiger partial charge in [-0.05, 0) is 42.8 Å². The number of rotatable bonds is 5. The number of hydrogen-bond donors (Lipinski definition) is 1. The Kier molecular flexibility index (Phi) is 6.49. The second kappa shape index (κ2) is 8.38. The van der Waals surface area contributed by atoms with Crippen LogP contribution >= 0.6 is 34.8 Å². The lowest BCUT2D eigenvalue weighted by atomic mass is 10.1. The summed E-state index contributed by atoms with van der Waals surface area (Å²) in [6, 6.07) is 11.5. The largest absolute Gasteiger partial charge is 0.452 e. The lowest BCUT2D eigenvalue weighted by molar-refractivity contribution is -0.152. The summed E-state index contributed by atoms with van der Waals surface area (Å²) in [7, 11) is 0. The predicted molar refractivity (Wildman–Crippen MR) is 95.8 cm³/mol. The van der Waals surface area contributed by atoms with Crippen LogP contribution in [0.2, 0.25) is 15.1 Å². The molecule has 0 aliphatic carbocycles. The number of amides is 1. The van der Waals surface area contributed by atoms with Crippen molar-refractivity contribution in [3.8, 4) is 0 Å². The number of benzene rings is 2. The molecule has 0 radical (unpaired) electrons. The molecule has 126 valence electrons. The molecule has 0 saturated carbocycles. The average molecular weight is 387 g/mol. The van der Waals surface area contributed by atoms with Crippen molar-refractivity contribution >= 4 is 52.4 Å². The van der Waals surface area contributed by atoms with E-state index in [1.54, 1.807) is 36.4 Å². The predicted octanol–water partition coefficient (Wildman–Crippen LogP) is 4.76. The van der Waals surface area contributed by atoms with Gasteiger partial charge in [0.1, 0.15) is 0 Å². The molecule has 1 atom stereocenters. The van der Waals surface area contributed by atoms with Gasteiger partial charge in [-0.2, -0.15) is 0 Å². The molecular weight excluding hydrogens is 373 g/mol. The summed E-state index contributed by atoms with van der Waals surface area (Å²) < 4.78 is 5.13. The van der Waals surface area contributed by atoms with Crippen LogP contribution in [0, 0.1) is 0 Å². The van der Waals surface area contributed by atoms with E-state index in [0.29, 0.717) is 20.8 Å². The van der Waals surface area contributed by atoms with Crippen molar-refractivity contribution in [3.05, 3.63) is 63.1 Å². The van der Waals surface area contributed by atoms with E-state index >= 15 is 0 Å². The lowest BCUT2D eigenvalue weighted by Gasteiger charge is -2.14. The molecule has 24 heavy (non-hydrogen) atoms. The maximum Gasteiger partial charge on any atom is 0.311 e. The molecule has 0 aliphatic rings. The van der Waals surface area contributed by atoms with Gasteiger partial charge in [-0.1, -0.05) is 46.9 Å². The van der Waals surface area contributed by atoms with Crippen LogP contribution in [0.25, 0.3) is 0 Å². The number of hydrogen-bond acceptors (Lipinski definition) is 3. The normalized spacial score (nSPS) is 11.7. The second-order valence-corrected chi connectivity index (χ2v) is 6.33. The van der Waals surface area contributed by atoms with Gasteiger partial charge in [0.15, 0.2) is 6.10 Å². The molecule has 2 aromatic carbocycles. The van der Waals surface area contributed by atoms with Crippen LogP contribution in [-0.4, -0.2) is 18.0 Å². The standard InChI is InChI=1S/C17H14Cl3NO3/c1-10(17(23)21-15-9-13(19)6-7-14(15)20)24-16(22)8-11-2-4-12(18)5-3-11/h2-7,9-10H,8H2,1H3,(H,21,23)/t10-/m0/s1. The highest BCUT2D eigenvalue weighted by Crippen LogP contribution is 2.25. The fraction of sp³-hybridized carbons (Fsp3) is 0.176. The van der Waals surface area contributed by atoms with E-state index in [1.807, 2.05) is 0 Å². The van der Waals surface area contributed by atoms with Crippen LogP contribution in [0.3, 0.4) is 0 Å². The van der Waals surface area contributed by atoms with Crippen molar-refractivity contribution in [3.63, 3.8) is 0 Å². The molecule has 0 bridgehead atoms. The summed E-state index contributed by atoms with van der Waals surface area (Å²) in [5, 5.41) is 3.93. The summed E-state index contributed by atoms with van der Waals surface area (Å²) in [6.07, 6.45) is -0.924. The molecule has 0 spiro atoms. The Morgan fingerprint density at radius 2 is 1.67 bits per heavy atom. The number of halogens is 3. The van der Waals surface area contributed by atoms with E-state index in [0.717, 1.165) is 5.56 Å². The lowest BCUT2D eigenvalue weighted by Crippen LogP contribution is -2.30. The van der Waals surface area contributed by atoms with Crippen LogP contribution in [-0.2, 0) is 20.7 Å². The number of anilines is 1. The van der Waals surface area contributed by atoms with Gasteiger partial charge in [-0.25, -0.2) is 0 Å². The van der Waals surface area contributed by atoms with Gasteiger partial charge in [0, 0.05) is 10.0 Å². The Balaban J connectivity index is 1.92. The molecule has 0 aliphatic heterocycles. The summed E-state index contributed by atoms with van der Waals surface area (Å²) >= 11 is 17.6. The monoisotopic (exact) mass is 385 g/mol. The molecule has 1 N–H and O–H groups in total. The Labute approximate surface area is 154 Å². The fourth-order valence-electron chi connectivity index (χ4n) is 1.89. The van der Waals surface area contributed by atoms with E-state index in [1.165, 1.54) is 13.0 Å². The zero-order chi connectivity index (χ0) is 17.7. The van der Waals surface area contributed by atoms with E-state index < -0.39 is 18.0 Å². The van der Waals surface area contributed by atoms with Crippen molar-refractivity contribution in [2.45, 2.75) is 19.4 Å². The first kappa shape index (κ1) is 18.6. The van der Waals surface area contributed by atoms with Crippen LogP contribution < -0.4 is 5.32 Å². The van der Waals surface area contributed by atoms with Crippen LogP contribution in [0.5, 0.6) is 0 Å². The number of carbonyl (C=O) groups is 2. The fourth-order valence-corrected chi connectivity index (χ4v) is 2.35. The minimum atomic E-state index is -0.972. The topological polar surface area (TPSA) is 55.4 Å². The smallest absolute Gasteiger partial charge is 0.311 e. The van der Waals surface area contributed by atoms with Gasteiger partial charge >= 0.3 is 5.97 Å². The van der Waals surface area contributed by atoms with Crippen molar-refractivity contribution < 1.29 is 14.3 Å². The highest BCUT2D eigenvalue weighted by atomic mass is 35.5. The summed E-state index contributed by atoms with van der Waals surface area (Å²) in [4.78, 5) is 24.0. The zero-order valence-corrected chi connectivity index (χ0v) is 15.0. The highest BCUT2D eigenvalue weighted by Gasteiger charge is 2.19. The van der Waals surface area contributed by atoms with Crippen molar-refractivity contribution in [1.29, 1.82) is 0 Å². The number of nitrogens with one attached hydrogen (secondary N) is 1. The minimum Gasteiger partial charge on any atom is -0.452 e. The van der Waals surface area contributed by atoms with Gasteiger partial charge < -0.3 is 10.1 Å². The summed E-state index contributed by atoms with van der Waals surface area (Å²) in [5.41, 5.74) is 1.10. The highest BCUT2D eigenvalue weighted by molar-refractivity contribution is 6.35. The zero-order valence-electron chi connectivity index (χ0n) is 12.7. The van der Waals surface area contributed by atoms with Crippen LogP contribution in [0.15, 0.2) is 42.5 Å². The Bertz CT molecular complexity index is 747. The van der Waals surface area contributed by atoms with E-state index in [2.05, 4.69) is 5.32 Å². The van der Waals surface area contributed by atoms with Gasteiger partial charge in [-0.15, -0.1) is 0 Å². The summed E-state index contributed by atoms with van der Waals surface area (Å²) in [5.74, 6) is -1.01. The Morgan fingerprint density at radius 3 is 2.33 bits per heavy atom. The van der Waals surface area contributed by atoms with Crippen molar-refractivity contribution in [1.82, 2.24) is 0 Å². The summed E-state index contributed by atoms with van der Waals surface area (Å²) in [6.45, 7) is 1.48. The molecular formula is C17H14Cl3NO3. The van der Waals surface area contributed by atoms with Gasteiger partial charge in [0.25, 0.3) is 5.91 Å². The van der Waals surface area contributed by atoms with Crippen molar-refractivity contribution in [2.24, 2.45) is 0 Å². The Hall–Kier alpha value is -1.75. The van der Waals surface area contributed by atoms with Crippen LogP contribution in [0.4, 0.5) is 5.69 Å². The molecule has 1 amide bonds. The SMILES string of the molecule is C[C@H](OC(=O)Cc1ccc(Cl)cc1)C(=O)Nc1cc(Cl)ccc1Cl. The van der Waals surface area contributed by atoms with Gasteiger partial charge in [-0.3, -0.25) is 9.59 Å². The number of esters is 1. The third-order valence-electron chi connectivity index (χ3n) is 3.13.